The van der Waals surface area contributed by atoms with Crippen molar-refractivity contribution in [1.29, 1.82) is 0 Å². The molecule has 0 radical (unpaired) electrons. The average molecular weight is 423 g/mol. The van der Waals surface area contributed by atoms with Crippen LogP contribution < -0.4 is 20.1 Å². The fourth-order valence-corrected chi connectivity index (χ4v) is 2.38. The predicted molar refractivity (Wildman–Crippen MR) is 114 cm³/mol. The number of benzene rings is 1. The highest BCUT2D eigenvalue weighted by molar-refractivity contribution is 5.78. The molecule has 1 atom stereocenters. The molecule has 0 spiro atoms. The van der Waals surface area contributed by atoms with Crippen LogP contribution in [0.5, 0.6) is 11.5 Å². The van der Waals surface area contributed by atoms with E-state index in [1.54, 1.807) is 18.2 Å². The number of hydrogen-bond acceptors (Lipinski definition) is 6. The van der Waals surface area contributed by atoms with Crippen LogP contribution in [-0.4, -0.2) is 57.1 Å². The molecule has 0 fully saturated rings. The molecule has 0 saturated carbocycles. The van der Waals surface area contributed by atoms with Gasteiger partial charge in [0.25, 0.3) is 11.8 Å². The molecule has 1 rings (SSSR count). The molecule has 1 unspecified atom stereocenters. The van der Waals surface area contributed by atoms with E-state index in [4.69, 9.17) is 14.2 Å². The zero-order valence-corrected chi connectivity index (χ0v) is 18.6. The summed E-state index contributed by atoms with van der Waals surface area (Å²) in [7, 11) is 0. The van der Waals surface area contributed by atoms with Crippen LogP contribution in [0, 0.1) is 12.3 Å². The van der Waals surface area contributed by atoms with Crippen LogP contribution in [0.25, 0.3) is 0 Å². The number of amides is 2. The normalized spacial score (nSPS) is 12.0. The number of carbonyl (C=O) groups is 3. The minimum Gasteiger partial charge on any atom is -0.484 e. The first-order chi connectivity index (χ1) is 14.1. The van der Waals surface area contributed by atoms with E-state index >= 15 is 0 Å². The highest BCUT2D eigenvalue weighted by Crippen LogP contribution is 2.22. The van der Waals surface area contributed by atoms with Gasteiger partial charge in [0.1, 0.15) is 17.8 Å². The third-order valence-corrected chi connectivity index (χ3v) is 4.19. The largest absolute Gasteiger partial charge is 0.484 e. The van der Waals surface area contributed by atoms with Gasteiger partial charge in [0.15, 0.2) is 13.2 Å². The number of ether oxygens (including phenoxy) is 3. The molecule has 0 aromatic heterocycles. The monoisotopic (exact) mass is 422 g/mol. The molecular weight excluding hydrogens is 388 g/mol. The SMILES string of the molecule is CCNC(=O)COc1cc(C)cc(OCC(=O)NCC(C)OCCC(C)(C)C=O)c1. The maximum atomic E-state index is 12.0. The number of nitrogens with one attached hydrogen (secondary N) is 2. The number of hydrogen-bond donors (Lipinski definition) is 2. The average Bonchev–Trinajstić information content (AvgIpc) is 2.69. The first-order valence-electron chi connectivity index (χ1n) is 10.1. The Bertz CT molecular complexity index is 705. The Kier molecular flexibility index (Phi) is 10.9. The van der Waals surface area contributed by atoms with Crippen molar-refractivity contribution in [3.8, 4) is 11.5 Å². The van der Waals surface area contributed by atoms with E-state index in [9.17, 15) is 14.4 Å². The van der Waals surface area contributed by atoms with Gasteiger partial charge in [-0.3, -0.25) is 9.59 Å². The number of rotatable bonds is 14. The lowest BCUT2D eigenvalue weighted by atomic mass is 9.92. The summed E-state index contributed by atoms with van der Waals surface area (Å²) in [5, 5.41) is 5.41. The summed E-state index contributed by atoms with van der Waals surface area (Å²) >= 11 is 0. The summed E-state index contributed by atoms with van der Waals surface area (Å²) in [5.74, 6) is 0.505. The zero-order chi connectivity index (χ0) is 22.6. The lowest BCUT2D eigenvalue weighted by Gasteiger charge is -2.19. The Morgan fingerprint density at radius 3 is 2.17 bits per heavy atom. The summed E-state index contributed by atoms with van der Waals surface area (Å²) in [6.07, 6.45) is 1.36. The first kappa shape index (κ1) is 25.4. The lowest BCUT2D eigenvalue weighted by Crippen LogP contribution is -2.35. The minimum absolute atomic E-state index is 0.0842. The van der Waals surface area contributed by atoms with E-state index in [0.717, 1.165) is 11.8 Å². The van der Waals surface area contributed by atoms with Gasteiger partial charge in [-0.1, -0.05) is 13.8 Å². The Morgan fingerprint density at radius 2 is 1.63 bits per heavy atom. The molecule has 168 valence electrons. The van der Waals surface area contributed by atoms with Crippen molar-refractivity contribution in [1.82, 2.24) is 10.6 Å². The quantitative estimate of drug-likeness (QED) is 0.445. The van der Waals surface area contributed by atoms with E-state index < -0.39 is 5.41 Å². The van der Waals surface area contributed by atoms with E-state index in [1.165, 1.54) is 0 Å². The van der Waals surface area contributed by atoms with E-state index in [2.05, 4.69) is 10.6 Å². The Labute approximate surface area is 178 Å². The Morgan fingerprint density at radius 1 is 1.07 bits per heavy atom. The third kappa shape index (κ3) is 10.8. The highest BCUT2D eigenvalue weighted by atomic mass is 16.5. The second-order valence-corrected chi connectivity index (χ2v) is 7.85. The summed E-state index contributed by atoms with van der Waals surface area (Å²) in [5.41, 5.74) is 0.478. The van der Waals surface area contributed by atoms with Crippen molar-refractivity contribution in [3.05, 3.63) is 23.8 Å². The summed E-state index contributed by atoms with van der Waals surface area (Å²) < 4.78 is 16.6. The Balaban J connectivity index is 2.38. The molecular formula is C22H34N2O6. The van der Waals surface area contributed by atoms with Crippen molar-refractivity contribution >= 4 is 18.1 Å². The Hall–Kier alpha value is -2.61. The van der Waals surface area contributed by atoms with Gasteiger partial charge in [-0.15, -0.1) is 0 Å². The summed E-state index contributed by atoms with van der Waals surface area (Å²) in [6, 6.07) is 5.21. The van der Waals surface area contributed by atoms with Gasteiger partial charge < -0.3 is 29.6 Å². The van der Waals surface area contributed by atoms with Gasteiger partial charge in [0.05, 0.1) is 6.10 Å². The van der Waals surface area contributed by atoms with E-state index in [0.29, 0.717) is 37.6 Å². The molecule has 1 aromatic rings. The van der Waals surface area contributed by atoms with E-state index in [1.807, 2.05) is 34.6 Å². The first-order valence-corrected chi connectivity index (χ1v) is 10.1. The second kappa shape index (κ2) is 12.8. The maximum Gasteiger partial charge on any atom is 0.258 e. The van der Waals surface area contributed by atoms with Gasteiger partial charge in [0.2, 0.25) is 0 Å². The molecule has 0 aliphatic rings. The number of aldehydes is 1. The molecule has 0 saturated heterocycles. The van der Waals surface area contributed by atoms with Crippen LogP contribution in [0.3, 0.4) is 0 Å². The molecule has 0 aliphatic heterocycles. The lowest BCUT2D eigenvalue weighted by molar-refractivity contribution is -0.124. The maximum absolute atomic E-state index is 12.0. The second-order valence-electron chi connectivity index (χ2n) is 7.85. The van der Waals surface area contributed by atoms with Crippen molar-refractivity contribution < 1.29 is 28.6 Å². The van der Waals surface area contributed by atoms with Crippen LogP contribution in [0.4, 0.5) is 0 Å². The van der Waals surface area contributed by atoms with E-state index in [-0.39, 0.29) is 31.1 Å². The molecule has 2 amide bonds. The highest BCUT2D eigenvalue weighted by Gasteiger charge is 2.17. The molecule has 30 heavy (non-hydrogen) atoms. The van der Waals surface area contributed by atoms with Crippen LogP contribution in [0.1, 0.15) is 39.7 Å². The van der Waals surface area contributed by atoms with Crippen molar-refractivity contribution in [2.24, 2.45) is 5.41 Å². The fourth-order valence-electron chi connectivity index (χ4n) is 2.38. The number of aryl methyl sites for hydroxylation is 1. The van der Waals surface area contributed by atoms with Gasteiger partial charge >= 0.3 is 0 Å². The third-order valence-electron chi connectivity index (χ3n) is 4.19. The minimum atomic E-state index is -0.410. The molecule has 8 heteroatoms. The van der Waals surface area contributed by atoms with Crippen LogP contribution in [0.2, 0.25) is 0 Å². The number of carbonyl (C=O) groups excluding carboxylic acids is 3. The summed E-state index contributed by atoms with van der Waals surface area (Å²) in [4.78, 5) is 34.4. The standard InChI is InChI=1S/C22H34N2O6/c1-6-23-20(26)13-29-18-9-16(2)10-19(11-18)30-14-21(27)24-12-17(3)28-8-7-22(4,5)15-25/h9-11,15,17H,6-8,12-14H2,1-5H3,(H,23,26)(H,24,27). The van der Waals surface area contributed by atoms with Crippen LogP contribution >= 0.6 is 0 Å². The smallest absolute Gasteiger partial charge is 0.258 e. The van der Waals surface area contributed by atoms with Crippen molar-refractivity contribution in [3.63, 3.8) is 0 Å². The predicted octanol–water partition coefficient (Wildman–Crippen LogP) is 2.03. The molecule has 0 heterocycles. The topological polar surface area (TPSA) is 103 Å². The fraction of sp³-hybridized carbons (Fsp3) is 0.591. The van der Waals surface area contributed by atoms with Gasteiger partial charge in [0, 0.05) is 31.2 Å². The zero-order valence-electron chi connectivity index (χ0n) is 18.6. The molecule has 1 aromatic carbocycles. The van der Waals surface area contributed by atoms with Crippen molar-refractivity contribution in [2.45, 2.75) is 47.1 Å². The van der Waals surface area contributed by atoms with Gasteiger partial charge in [-0.25, -0.2) is 0 Å². The van der Waals surface area contributed by atoms with Crippen LogP contribution in [0.15, 0.2) is 18.2 Å². The van der Waals surface area contributed by atoms with Crippen LogP contribution in [-0.2, 0) is 19.1 Å². The van der Waals surface area contributed by atoms with Gasteiger partial charge in [-0.2, -0.15) is 0 Å². The molecule has 8 nitrogen and oxygen atoms in total. The molecule has 2 N–H and O–H groups in total. The molecule has 0 bridgehead atoms. The van der Waals surface area contributed by atoms with Gasteiger partial charge in [-0.05, 0) is 44.9 Å². The summed E-state index contributed by atoms with van der Waals surface area (Å²) in [6.45, 7) is 10.4. The van der Waals surface area contributed by atoms with Crippen molar-refractivity contribution in [2.75, 3.05) is 32.9 Å². The number of likely N-dealkylation sites (N-methyl/N-ethyl adjacent to an activating group) is 1. The molecule has 0 aliphatic carbocycles.